The molecule has 1 saturated heterocycles. The first-order valence-corrected chi connectivity index (χ1v) is 10.4. The van der Waals surface area contributed by atoms with E-state index in [0.717, 1.165) is 0 Å². The minimum Gasteiger partial charge on any atom is -0.508 e. The number of aromatic hydroxyl groups is 1. The molecule has 1 fully saturated rings. The van der Waals surface area contributed by atoms with Crippen molar-refractivity contribution in [2.24, 2.45) is 11.8 Å². The van der Waals surface area contributed by atoms with Crippen molar-refractivity contribution in [3.63, 3.8) is 0 Å². The molecule has 0 amide bonds. The molecule has 0 spiro atoms. The number of benzene rings is 1. The van der Waals surface area contributed by atoms with Gasteiger partial charge in [-0.05, 0) is 35.9 Å². The first-order chi connectivity index (χ1) is 15.8. The molecular weight excluding hydrogens is 440 g/mol. The number of aliphatic hydroxyl groups is 5. The van der Waals surface area contributed by atoms with Crippen LogP contribution in [0, 0.1) is 11.8 Å². The summed E-state index contributed by atoms with van der Waals surface area (Å²) in [5, 5.41) is 59.4. The Morgan fingerprint density at radius 2 is 1.73 bits per heavy atom. The van der Waals surface area contributed by atoms with Gasteiger partial charge in [-0.1, -0.05) is 6.08 Å². The molecule has 1 aliphatic carbocycles. The lowest BCUT2D eigenvalue weighted by atomic mass is 9.88. The van der Waals surface area contributed by atoms with Gasteiger partial charge in [0.25, 0.3) is 0 Å². The molecule has 11 nitrogen and oxygen atoms in total. The number of fused-ring (bicyclic) bond motifs is 1. The Labute approximate surface area is 188 Å². The van der Waals surface area contributed by atoms with Gasteiger partial charge < -0.3 is 49.6 Å². The summed E-state index contributed by atoms with van der Waals surface area (Å²) in [4.78, 5) is 12.3. The minimum atomic E-state index is -1.62. The number of carbonyl (C=O) groups is 1. The maximum absolute atomic E-state index is 12.3. The molecule has 11 heteroatoms. The van der Waals surface area contributed by atoms with Crippen molar-refractivity contribution >= 4 is 5.97 Å². The van der Waals surface area contributed by atoms with Gasteiger partial charge in [0, 0.05) is 5.92 Å². The van der Waals surface area contributed by atoms with E-state index in [1.165, 1.54) is 36.6 Å². The summed E-state index contributed by atoms with van der Waals surface area (Å²) in [6.45, 7) is -0.789. The Bertz CT molecular complexity index is 896. The molecule has 0 saturated carbocycles. The monoisotopic (exact) mass is 466 g/mol. The largest absolute Gasteiger partial charge is 0.508 e. The molecule has 1 aromatic rings. The predicted octanol–water partition coefficient (Wildman–Crippen LogP) is -1.23. The van der Waals surface area contributed by atoms with Crippen LogP contribution in [0.2, 0.25) is 0 Å². The Morgan fingerprint density at radius 3 is 2.42 bits per heavy atom. The first-order valence-electron chi connectivity index (χ1n) is 10.4. The summed E-state index contributed by atoms with van der Waals surface area (Å²) < 4.78 is 22.0. The standard InChI is InChI=1S/C22H26O11/c23-8-15-17(26)18(27)19(28)22(32-15)33-21-16-11(7-14(25)13(16)5-6-30-21)9-31-20(29)10-1-3-12(24)4-2-10/h1-7,13-19,21-28H,8-9H2/t13-,14+,15+,16+,17+,18-,19+,21?,22-/m0/s1. The minimum absolute atomic E-state index is 0.00957. The molecule has 4 rings (SSSR count). The van der Waals surface area contributed by atoms with E-state index in [2.05, 4.69) is 0 Å². The molecule has 2 aliphatic heterocycles. The Kier molecular flexibility index (Phi) is 7.00. The van der Waals surface area contributed by atoms with E-state index in [1.54, 1.807) is 6.08 Å². The highest BCUT2D eigenvalue weighted by Crippen LogP contribution is 2.41. The molecule has 0 radical (unpaired) electrons. The number of aliphatic hydroxyl groups excluding tert-OH is 5. The fourth-order valence-corrected chi connectivity index (χ4v) is 4.19. The van der Waals surface area contributed by atoms with Gasteiger partial charge >= 0.3 is 5.97 Å². The lowest BCUT2D eigenvalue weighted by Crippen LogP contribution is -2.60. The van der Waals surface area contributed by atoms with Gasteiger partial charge in [-0.3, -0.25) is 0 Å². The van der Waals surface area contributed by atoms with Crippen LogP contribution in [0.4, 0.5) is 0 Å². The van der Waals surface area contributed by atoms with Gasteiger partial charge in [0.05, 0.1) is 30.5 Å². The number of esters is 1. The zero-order chi connectivity index (χ0) is 23.7. The Morgan fingerprint density at radius 1 is 1.00 bits per heavy atom. The zero-order valence-electron chi connectivity index (χ0n) is 17.4. The third kappa shape index (κ3) is 4.75. The fourth-order valence-electron chi connectivity index (χ4n) is 4.19. The summed E-state index contributed by atoms with van der Waals surface area (Å²) in [5.74, 6) is -1.69. The van der Waals surface area contributed by atoms with Gasteiger partial charge in [-0.2, -0.15) is 0 Å². The van der Waals surface area contributed by atoms with Crippen LogP contribution in [0.1, 0.15) is 10.4 Å². The molecule has 2 heterocycles. The predicted molar refractivity (Wildman–Crippen MR) is 108 cm³/mol. The van der Waals surface area contributed by atoms with Crippen molar-refractivity contribution in [3.8, 4) is 5.75 Å². The lowest BCUT2D eigenvalue weighted by Gasteiger charge is -2.42. The fraction of sp³-hybridized carbons (Fsp3) is 0.500. The van der Waals surface area contributed by atoms with Gasteiger partial charge in [-0.25, -0.2) is 4.79 Å². The van der Waals surface area contributed by atoms with Crippen LogP contribution in [0.15, 0.2) is 48.3 Å². The van der Waals surface area contributed by atoms with Crippen molar-refractivity contribution in [2.75, 3.05) is 13.2 Å². The second-order valence-electron chi connectivity index (χ2n) is 8.12. The van der Waals surface area contributed by atoms with E-state index in [9.17, 15) is 35.4 Å². The summed E-state index contributed by atoms with van der Waals surface area (Å²) in [6, 6.07) is 5.54. The average Bonchev–Trinajstić information content (AvgIpc) is 3.14. The van der Waals surface area contributed by atoms with Gasteiger partial charge in [0.2, 0.25) is 6.29 Å². The molecule has 180 valence electrons. The molecule has 33 heavy (non-hydrogen) atoms. The van der Waals surface area contributed by atoms with Crippen LogP contribution < -0.4 is 0 Å². The van der Waals surface area contributed by atoms with Gasteiger partial charge in [0.1, 0.15) is 36.8 Å². The first kappa shape index (κ1) is 23.6. The molecule has 0 aromatic heterocycles. The quantitative estimate of drug-likeness (QED) is 0.219. The summed E-state index contributed by atoms with van der Waals surface area (Å²) >= 11 is 0. The van der Waals surface area contributed by atoms with Crippen molar-refractivity contribution in [3.05, 3.63) is 53.8 Å². The van der Waals surface area contributed by atoms with Crippen molar-refractivity contribution in [1.82, 2.24) is 0 Å². The SMILES string of the molecule is O=C(OCC1=C[C@@H](O)[C@@H]2C=COC(O[C@@H]3O[C@H](CO)[C@@H](O)[C@H](O)[C@H]3O)[C@H]12)c1ccc(O)cc1. The number of rotatable bonds is 6. The summed E-state index contributed by atoms with van der Waals surface area (Å²) in [6.07, 6.45) is -4.86. The maximum atomic E-state index is 12.3. The maximum Gasteiger partial charge on any atom is 0.338 e. The van der Waals surface area contributed by atoms with Crippen LogP contribution in [-0.4, -0.2) is 92.9 Å². The van der Waals surface area contributed by atoms with Crippen molar-refractivity contribution in [1.29, 1.82) is 0 Å². The van der Waals surface area contributed by atoms with Crippen molar-refractivity contribution in [2.45, 2.75) is 43.1 Å². The third-order valence-corrected chi connectivity index (χ3v) is 6.02. The second kappa shape index (κ2) is 9.77. The second-order valence-corrected chi connectivity index (χ2v) is 8.12. The summed E-state index contributed by atoms with van der Waals surface area (Å²) in [7, 11) is 0. The topological polar surface area (TPSA) is 175 Å². The molecule has 1 aromatic carbocycles. The van der Waals surface area contributed by atoms with E-state index in [4.69, 9.17) is 18.9 Å². The number of ether oxygens (including phenoxy) is 4. The smallest absolute Gasteiger partial charge is 0.338 e. The molecule has 0 bridgehead atoms. The average molecular weight is 466 g/mol. The Balaban J connectivity index is 1.45. The number of hydrogen-bond donors (Lipinski definition) is 6. The van der Waals surface area contributed by atoms with Crippen LogP contribution in [-0.2, 0) is 18.9 Å². The highest BCUT2D eigenvalue weighted by Gasteiger charge is 2.49. The van der Waals surface area contributed by atoms with E-state index in [0.29, 0.717) is 5.57 Å². The third-order valence-electron chi connectivity index (χ3n) is 6.02. The van der Waals surface area contributed by atoms with Crippen LogP contribution in [0.3, 0.4) is 0 Å². The van der Waals surface area contributed by atoms with E-state index in [-0.39, 0.29) is 17.9 Å². The van der Waals surface area contributed by atoms with E-state index >= 15 is 0 Å². The molecule has 1 unspecified atom stereocenters. The zero-order valence-corrected chi connectivity index (χ0v) is 17.4. The highest BCUT2D eigenvalue weighted by atomic mass is 16.8. The van der Waals surface area contributed by atoms with Crippen LogP contribution in [0.5, 0.6) is 5.75 Å². The van der Waals surface area contributed by atoms with Gasteiger partial charge in [0.15, 0.2) is 6.29 Å². The molecule has 3 aliphatic rings. The van der Waals surface area contributed by atoms with E-state index < -0.39 is 67.5 Å². The molecule has 6 N–H and O–H groups in total. The highest BCUT2D eigenvalue weighted by molar-refractivity contribution is 5.89. The lowest BCUT2D eigenvalue weighted by molar-refractivity contribution is -0.339. The number of hydrogen-bond acceptors (Lipinski definition) is 11. The normalized spacial score (nSPS) is 37.7. The van der Waals surface area contributed by atoms with Gasteiger partial charge in [-0.15, -0.1) is 0 Å². The van der Waals surface area contributed by atoms with Crippen LogP contribution in [0.25, 0.3) is 0 Å². The number of carbonyl (C=O) groups excluding carboxylic acids is 1. The van der Waals surface area contributed by atoms with E-state index in [1.807, 2.05) is 0 Å². The molecule has 9 atom stereocenters. The Hall–Kier alpha value is -2.51. The van der Waals surface area contributed by atoms with Crippen molar-refractivity contribution < 1.29 is 54.4 Å². The molecular formula is C22H26O11. The summed E-state index contributed by atoms with van der Waals surface area (Å²) in [5.41, 5.74) is 0.746. The number of phenolic OH excluding ortho intramolecular Hbond substituents is 1. The van der Waals surface area contributed by atoms with Crippen LogP contribution >= 0.6 is 0 Å². The number of phenols is 1.